The van der Waals surface area contributed by atoms with E-state index < -0.39 is 6.09 Å². The minimum absolute atomic E-state index is 0.131. The molecular weight excluding hydrogens is 240 g/mol. The molecule has 0 aromatic heterocycles. The number of carbonyl (C=O) groups excluding carboxylic acids is 1. The van der Waals surface area contributed by atoms with Crippen LogP contribution in [0.2, 0.25) is 0 Å². The third-order valence-corrected chi connectivity index (χ3v) is 2.40. The second kappa shape index (κ2) is 7.45. The lowest BCUT2D eigenvalue weighted by molar-refractivity contribution is 0.113. The standard InChI is InChI=1S/C15H20N2O2/c1-11(2)19-15(18)17-12(3)14-8-4-6-13(10-14)7-5-9-16/h4,6,8,10-12H,9,16H2,1-3H3,(H,17,18). The Bertz CT molecular complexity index is 486. The van der Waals surface area contributed by atoms with Crippen molar-refractivity contribution in [3.05, 3.63) is 35.4 Å². The first-order valence-electron chi connectivity index (χ1n) is 6.29. The van der Waals surface area contributed by atoms with Gasteiger partial charge in [-0.1, -0.05) is 24.0 Å². The zero-order valence-corrected chi connectivity index (χ0v) is 11.6. The number of rotatable bonds is 3. The maximum Gasteiger partial charge on any atom is 0.407 e. The summed E-state index contributed by atoms with van der Waals surface area (Å²) < 4.78 is 5.04. The number of benzene rings is 1. The van der Waals surface area contributed by atoms with Crippen LogP contribution in [0.5, 0.6) is 0 Å². The van der Waals surface area contributed by atoms with Crippen LogP contribution < -0.4 is 11.1 Å². The van der Waals surface area contributed by atoms with Gasteiger partial charge < -0.3 is 15.8 Å². The van der Waals surface area contributed by atoms with Crippen LogP contribution in [0.25, 0.3) is 0 Å². The van der Waals surface area contributed by atoms with Gasteiger partial charge in [0.15, 0.2) is 0 Å². The Hall–Kier alpha value is -1.99. The van der Waals surface area contributed by atoms with Crippen molar-refractivity contribution < 1.29 is 9.53 Å². The molecule has 0 radical (unpaired) electrons. The molecule has 1 aromatic rings. The molecule has 0 fully saturated rings. The average molecular weight is 260 g/mol. The molecule has 0 heterocycles. The monoisotopic (exact) mass is 260 g/mol. The van der Waals surface area contributed by atoms with E-state index in [-0.39, 0.29) is 12.1 Å². The van der Waals surface area contributed by atoms with Crippen LogP contribution in [-0.4, -0.2) is 18.7 Å². The van der Waals surface area contributed by atoms with E-state index in [0.717, 1.165) is 11.1 Å². The largest absolute Gasteiger partial charge is 0.447 e. The van der Waals surface area contributed by atoms with Crippen molar-refractivity contribution in [3.8, 4) is 11.8 Å². The topological polar surface area (TPSA) is 64.3 Å². The third-order valence-electron chi connectivity index (χ3n) is 2.40. The summed E-state index contributed by atoms with van der Waals surface area (Å²) in [6, 6.07) is 7.55. The van der Waals surface area contributed by atoms with Crippen molar-refractivity contribution in [1.29, 1.82) is 0 Å². The van der Waals surface area contributed by atoms with Crippen molar-refractivity contribution in [2.24, 2.45) is 5.73 Å². The molecule has 1 aromatic carbocycles. The third kappa shape index (κ3) is 5.45. The van der Waals surface area contributed by atoms with Gasteiger partial charge >= 0.3 is 6.09 Å². The Kier molecular flexibility index (Phi) is 5.91. The summed E-state index contributed by atoms with van der Waals surface area (Å²) in [5.74, 6) is 5.77. The first-order valence-corrected chi connectivity index (χ1v) is 6.29. The van der Waals surface area contributed by atoms with Crippen molar-refractivity contribution in [3.63, 3.8) is 0 Å². The molecule has 3 N–H and O–H groups in total. The molecule has 1 unspecified atom stereocenters. The predicted molar refractivity (Wildman–Crippen MR) is 75.5 cm³/mol. The first-order chi connectivity index (χ1) is 9.02. The number of amides is 1. The number of nitrogens with two attached hydrogens (primary N) is 1. The Morgan fingerprint density at radius 1 is 1.42 bits per heavy atom. The van der Waals surface area contributed by atoms with Gasteiger partial charge in [-0.2, -0.15) is 0 Å². The maximum absolute atomic E-state index is 11.5. The Balaban J connectivity index is 2.71. The van der Waals surface area contributed by atoms with Crippen LogP contribution in [0.4, 0.5) is 4.79 Å². The molecule has 0 spiro atoms. The van der Waals surface area contributed by atoms with Crippen molar-refractivity contribution in [2.75, 3.05) is 6.54 Å². The molecule has 0 aliphatic heterocycles. The van der Waals surface area contributed by atoms with Crippen LogP contribution in [0.3, 0.4) is 0 Å². The van der Waals surface area contributed by atoms with E-state index in [1.54, 1.807) is 0 Å². The molecule has 19 heavy (non-hydrogen) atoms. The summed E-state index contributed by atoms with van der Waals surface area (Å²) >= 11 is 0. The van der Waals surface area contributed by atoms with Crippen molar-refractivity contribution in [1.82, 2.24) is 5.32 Å². The van der Waals surface area contributed by atoms with E-state index in [4.69, 9.17) is 10.5 Å². The fourth-order valence-corrected chi connectivity index (χ4v) is 1.55. The van der Waals surface area contributed by atoms with E-state index in [0.29, 0.717) is 6.54 Å². The molecule has 0 saturated carbocycles. The molecule has 1 rings (SSSR count). The molecule has 0 aliphatic carbocycles. The van der Waals surface area contributed by atoms with Crippen molar-refractivity contribution >= 4 is 6.09 Å². The summed E-state index contributed by atoms with van der Waals surface area (Å²) in [6.45, 7) is 5.86. The minimum Gasteiger partial charge on any atom is -0.447 e. The van der Waals surface area contributed by atoms with Gasteiger partial charge in [0.2, 0.25) is 0 Å². The van der Waals surface area contributed by atoms with E-state index in [9.17, 15) is 4.79 Å². The van der Waals surface area contributed by atoms with Crippen LogP contribution in [0.15, 0.2) is 24.3 Å². The normalized spacial score (nSPS) is 11.4. The lowest BCUT2D eigenvalue weighted by atomic mass is 10.1. The lowest BCUT2D eigenvalue weighted by Gasteiger charge is -2.16. The molecule has 0 bridgehead atoms. The highest BCUT2D eigenvalue weighted by Gasteiger charge is 2.11. The lowest BCUT2D eigenvalue weighted by Crippen LogP contribution is -2.29. The smallest absolute Gasteiger partial charge is 0.407 e. The van der Waals surface area contributed by atoms with Gasteiger partial charge in [-0.05, 0) is 38.5 Å². The zero-order chi connectivity index (χ0) is 14.3. The molecule has 1 amide bonds. The number of alkyl carbamates (subject to hydrolysis) is 1. The second-order valence-corrected chi connectivity index (χ2v) is 4.45. The Morgan fingerprint density at radius 3 is 2.79 bits per heavy atom. The van der Waals surface area contributed by atoms with E-state index in [1.807, 2.05) is 45.0 Å². The Labute approximate surface area is 114 Å². The van der Waals surface area contributed by atoms with Crippen LogP contribution in [-0.2, 0) is 4.74 Å². The molecule has 4 heteroatoms. The van der Waals surface area contributed by atoms with Gasteiger partial charge in [-0.15, -0.1) is 0 Å². The number of nitrogens with one attached hydrogen (secondary N) is 1. The minimum atomic E-state index is -0.416. The van der Waals surface area contributed by atoms with E-state index in [2.05, 4.69) is 17.2 Å². The number of hydrogen-bond acceptors (Lipinski definition) is 3. The summed E-state index contributed by atoms with van der Waals surface area (Å²) in [4.78, 5) is 11.5. The van der Waals surface area contributed by atoms with Crippen LogP contribution in [0, 0.1) is 11.8 Å². The highest BCUT2D eigenvalue weighted by atomic mass is 16.6. The maximum atomic E-state index is 11.5. The summed E-state index contributed by atoms with van der Waals surface area (Å²) in [5, 5.41) is 2.78. The fourth-order valence-electron chi connectivity index (χ4n) is 1.55. The predicted octanol–water partition coefficient (Wildman–Crippen LogP) is 2.19. The SMILES string of the molecule is CC(C)OC(=O)NC(C)c1cccc(C#CCN)c1. The van der Waals surface area contributed by atoms with Gasteiger partial charge in [0, 0.05) is 5.56 Å². The summed E-state index contributed by atoms with van der Waals surface area (Å²) in [7, 11) is 0. The molecule has 4 nitrogen and oxygen atoms in total. The zero-order valence-electron chi connectivity index (χ0n) is 11.6. The fraction of sp³-hybridized carbons (Fsp3) is 0.400. The Morgan fingerprint density at radius 2 is 2.16 bits per heavy atom. The summed E-state index contributed by atoms with van der Waals surface area (Å²) in [5.41, 5.74) is 7.20. The summed E-state index contributed by atoms with van der Waals surface area (Å²) in [6.07, 6.45) is -0.546. The second-order valence-electron chi connectivity index (χ2n) is 4.45. The van der Waals surface area contributed by atoms with E-state index in [1.165, 1.54) is 0 Å². The molecule has 0 aliphatic rings. The highest BCUT2D eigenvalue weighted by molar-refractivity contribution is 5.68. The van der Waals surface area contributed by atoms with Gasteiger partial charge in [0.1, 0.15) is 0 Å². The molecular formula is C15H20N2O2. The van der Waals surface area contributed by atoms with E-state index >= 15 is 0 Å². The molecule has 0 saturated heterocycles. The quantitative estimate of drug-likeness (QED) is 0.819. The van der Waals surface area contributed by atoms with Gasteiger partial charge in [-0.25, -0.2) is 4.79 Å². The van der Waals surface area contributed by atoms with Crippen LogP contribution >= 0.6 is 0 Å². The van der Waals surface area contributed by atoms with Gasteiger partial charge in [-0.3, -0.25) is 0 Å². The van der Waals surface area contributed by atoms with Gasteiger partial charge in [0.05, 0.1) is 18.7 Å². The number of ether oxygens (including phenoxy) is 1. The first kappa shape index (κ1) is 15.1. The van der Waals surface area contributed by atoms with Crippen molar-refractivity contribution in [2.45, 2.75) is 32.9 Å². The number of carbonyl (C=O) groups is 1. The average Bonchev–Trinajstić information content (AvgIpc) is 2.35. The molecule has 102 valence electrons. The number of hydrogen-bond donors (Lipinski definition) is 2. The van der Waals surface area contributed by atoms with Gasteiger partial charge in [0.25, 0.3) is 0 Å². The van der Waals surface area contributed by atoms with Crippen LogP contribution in [0.1, 0.15) is 37.9 Å². The molecule has 1 atom stereocenters. The highest BCUT2D eigenvalue weighted by Crippen LogP contribution is 2.14.